The number of benzene rings is 1. The van der Waals surface area contributed by atoms with Crippen molar-refractivity contribution in [3.05, 3.63) is 34.9 Å². The third-order valence-electron chi connectivity index (χ3n) is 2.31. The van der Waals surface area contributed by atoms with E-state index >= 15 is 0 Å². The van der Waals surface area contributed by atoms with Crippen LogP contribution in [0.4, 0.5) is 0 Å². The van der Waals surface area contributed by atoms with E-state index in [1.54, 1.807) is 0 Å². The first-order valence-electron chi connectivity index (χ1n) is 6.14. The Balaban J connectivity index is 3.07. The van der Waals surface area contributed by atoms with Gasteiger partial charge in [-0.1, -0.05) is 31.6 Å². The van der Waals surface area contributed by atoms with E-state index in [4.69, 9.17) is 4.74 Å². The lowest BCUT2D eigenvalue weighted by molar-refractivity contribution is 0.0525. The van der Waals surface area contributed by atoms with Gasteiger partial charge in [0.05, 0.1) is 12.2 Å². The van der Waals surface area contributed by atoms with E-state index in [-0.39, 0.29) is 5.97 Å². The molecule has 0 aliphatic heterocycles. The fourth-order valence-electron chi connectivity index (χ4n) is 1.39. The molecule has 0 unspecified atom stereocenters. The SMILES string of the molecule is CCOC(=O)c1cc(C#C[Si](C)(C)C)ccc1C. The molecule has 0 heterocycles. The molecule has 0 radical (unpaired) electrons. The first kappa shape index (κ1) is 14.5. The molecule has 0 spiro atoms. The fourth-order valence-corrected chi connectivity index (χ4v) is 1.91. The van der Waals surface area contributed by atoms with E-state index in [0.717, 1.165) is 11.1 Å². The Kier molecular flexibility index (Phi) is 4.74. The van der Waals surface area contributed by atoms with Crippen molar-refractivity contribution in [1.82, 2.24) is 0 Å². The first-order valence-corrected chi connectivity index (χ1v) is 9.64. The number of hydrogen-bond acceptors (Lipinski definition) is 2. The monoisotopic (exact) mass is 260 g/mol. The topological polar surface area (TPSA) is 26.3 Å². The minimum absolute atomic E-state index is 0.272. The molecule has 1 aromatic carbocycles. The van der Waals surface area contributed by atoms with Gasteiger partial charge in [-0.15, -0.1) is 5.54 Å². The molecule has 2 nitrogen and oxygen atoms in total. The Morgan fingerprint density at radius 2 is 2.00 bits per heavy atom. The molecule has 0 aliphatic rings. The number of esters is 1. The first-order chi connectivity index (χ1) is 8.33. The second-order valence-corrected chi connectivity index (χ2v) is 10.0. The van der Waals surface area contributed by atoms with Crippen LogP contribution in [0.15, 0.2) is 18.2 Å². The molecule has 0 fully saturated rings. The van der Waals surface area contributed by atoms with Gasteiger partial charge >= 0.3 is 5.97 Å². The maximum absolute atomic E-state index is 11.8. The summed E-state index contributed by atoms with van der Waals surface area (Å²) >= 11 is 0. The van der Waals surface area contributed by atoms with E-state index in [1.807, 2.05) is 32.0 Å². The molecule has 0 aromatic heterocycles. The van der Waals surface area contributed by atoms with Gasteiger partial charge in [0.2, 0.25) is 0 Å². The van der Waals surface area contributed by atoms with E-state index in [0.29, 0.717) is 12.2 Å². The van der Waals surface area contributed by atoms with E-state index in [2.05, 4.69) is 31.1 Å². The Hall–Kier alpha value is -1.53. The van der Waals surface area contributed by atoms with Crippen LogP contribution in [0.2, 0.25) is 19.6 Å². The van der Waals surface area contributed by atoms with Gasteiger partial charge in [0.25, 0.3) is 0 Å². The average molecular weight is 260 g/mol. The highest BCUT2D eigenvalue weighted by atomic mass is 28.3. The zero-order chi connectivity index (χ0) is 13.8. The number of hydrogen-bond donors (Lipinski definition) is 0. The fraction of sp³-hybridized carbons (Fsp3) is 0.400. The highest BCUT2D eigenvalue weighted by Crippen LogP contribution is 2.12. The van der Waals surface area contributed by atoms with Gasteiger partial charge < -0.3 is 4.74 Å². The van der Waals surface area contributed by atoms with E-state index in [1.165, 1.54) is 0 Å². The second kappa shape index (κ2) is 5.88. The van der Waals surface area contributed by atoms with Crippen molar-refractivity contribution in [2.75, 3.05) is 6.61 Å². The van der Waals surface area contributed by atoms with Crippen LogP contribution in [0.25, 0.3) is 0 Å². The maximum atomic E-state index is 11.8. The third-order valence-corrected chi connectivity index (χ3v) is 3.19. The van der Waals surface area contributed by atoms with Crippen LogP contribution in [-0.4, -0.2) is 20.7 Å². The molecule has 0 aliphatic carbocycles. The summed E-state index contributed by atoms with van der Waals surface area (Å²) in [5, 5.41) is 0. The van der Waals surface area contributed by atoms with Crippen LogP contribution < -0.4 is 0 Å². The van der Waals surface area contributed by atoms with Gasteiger partial charge in [0.15, 0.2) is 0 Å². The van der Waals surface area contributed by atoms with Crippen molar-refractivity contribution >= 4 is 14.0 Å². The van der Waals surface area contributed by atoms with Gasteiger partial charge in [-0.05, 0) is 31.5 Å². The number of aryl methyl sites for hydroxylation is 1. The quantitative estimate of drug-likeness (QED) is 0.463. The largest absolute Gasteiger partial charge is 0.462 e. The minimum atomic E-state index is -1.39. The number of ether oxygens (including phenoxy) is 1. The predicted molar refractivity (Wildman–Crippen MR) is 77.4 cm³/mol. The zero-order valence-electron chi connectivity index (χ0n) is 11.8. The Bertz CT molecular complexity index is 501. The van der Waals surface area contributed by atoms with Gasteiger partial charge in [0, 0.05) is 5.56 Å². The lowest BCUT2D eigenvalue weighted by atomic mass is 10.1. The van der Waals surface area contributed by atoms with Crippen LogP contribution in [-0.2, 0) is 4.74 Å². The smallest absolute Gasteiger partial charge is 0.338 e. The minimum Gasteiger partial charge on any atom is -0.462 e. The molecule has 0 saturated heterocycles. The van der Waals surface area contributed by atoms with Crippen LogP contribution >= 0.6 is 0 Å². The molecule has 3 heteroatoms. The zero-order valence-corrected chi connectivity index (χ0v) is 12.8. The van der Waals surface area contributed by atoms with Crippen LogP contribution in [0.1, 0.15) is 28.4 Å². The maximum Gasteiger partial charge on any atom is 0.338 e. The molecule has 0 saturated carbocycles. The van der Waals surface area contributed by atoms with Crippen molar-refractivity contribution < 1.29 is 9.53 Å². The van der Waals surface area contributed by atoms with Gasteiger partial charge in [-0.25, -0.2) is 4.79 Å². The summed E-state index contributed by atoms with van der Waals surface area (Å²) in [4.78, 5) is 11.8. The number of carbonyl (C=O) groups excluding carboxylic acids is 1. The Morgan fingerprint density at radius 1 is 1.33 bits per heavy atom. The Labute approximate surface area is 110 Å². The average Bonchev–Trinajstić information content (AvgIpc) is 2.27. The van der Waals surface area contributed by atoms with Gasteiger partial charge in [-0.2, -0.15) is 0 Å². The second-order valence-electron chi connectivity index (χ2n) is 5.25. The van der Waals surface area contributed by atoms with Gasteiger partial charge in [-0.3, -0.25) is 0 Å². The summed E-state index contributed by atoms with van der Waals surface area (Å²) in [7, 11) is -1.39. The Morgan fingerprint density at radius 3 is 2.56 bits per heavy atom. The summed E-state index contributed by atoms with van der Waals surface area (Å²) < 4.78 is 5.03. The molecule has 0 N–H and O–H groups in total. The van der Waals surface area contributed by atoms with Crippen molar-refractivity contribution in [1.29, 1.82) is 0 Å². The molecule has 0 bridgehead atoms. The summed E-state index contributed by atoms with van der Waals surface area (Å²) in [5.74, 6) is 2.88. The molecule has 96 valence electrons. The molecular formula is C15H20O2Si. The van der Waals surface area contributed by atoms with Crippen molar-refractivity contribution in [2.24, 2.45) is 0 Å². The number of carbonyl (C=O) groups is 1. The molecule has 0 atom stereocenters. The van der Waals surface area contributed by atoms with Gasteiger partial charge in [0.1, 0.15) is 8.07 Å². The summed E-state index contributed by atoms with van der Waals surface area (Å²) in [6, 6.07) is 5.69. The molecular weight excluding hydrogens is 240 g/mol. The molecule has 1 aromatic rings. The van der Waals surface area contributed by atoms with E-state index in [9.17, 15) is 4.79 Å². The molecule has 0 amide bonds. The summed E-state index contributed by atoms with van der Waals surface area (Å²) in [5.41, 5.74) is 5.71. The standard InChI is InChI=1S/C15H20O2Si/c1-6-17-15(16)14-11-13(8-7-12(14)2)9-10-18(3,4)5/h7-8,11H,6H2,1-5H3. The molecule has 18 heavy (non-hydrogen) atoms. The van der Waals surface area contributed by atoms with Crippen LogP contribution in [0.5, 0.6) is 0 Å². The predicted octanol–water partition coefficient (Wildman–Crippen LogP) is 3.40. The summed E-state index contributed by atoms with van der Waals surface area (Å²) in [6.07, 6.45) is 0. The number of rotatable bonds is 2. The lowest BCUT2D eigenvalue weighted by Gasteiger charge is -2.06. The third kappa shape index (κ3) is 4.38. The molecule has 1 rings (SSSR count). The normalized spacial score (nSPS) is 10.5. The lowest BCUT2D eigenvalue weighted by Crippen LogP contribution is -2.16. The van der Waals surface area contributed by atoms with Crippen molar-refractivity contribution in [3.8, 4) is 11.5 Å². The highest BCUT2D eigenvalue weighted by molar-refractivity contribution is 6.83. The van der Waals surface area contributed by atoms with Crippen molar-refractivity contribution in [3.63, 3.8) is 0 Å². The van der Waals surface area contributed by atoms with E-state index < -0.39 is 8.07 Å². The van der Waals surface area contributed by atoms with Crippen LogP contribution in [0, 0.1) is 18.4 Å². The highest BCUT2D eigenvalue weighted by Gasteiger charge is 2.11. The summed E-state index contributed by atoms with van der Waals surface area (Å²) in [6.45, 7) is 10.7. The van der Waals surface area contributed by atoms with Crippen molar-refractivity contribution in [2.45, 2.75) is 33.5 Å². The van der Waals surface area contributed by atoms with Crippen LogP contribution in [0.3, 0.4) is 0 Å².